The topological polar surface area (TPSA) is 140 Å². The van der Waals surface area contributed by atoms with Gasteiger partial charge in [-0.2, -0.15) is 5.10 Å². The van der Waals surface area contributed by atoms with E-state index >= 15 is 0 Å². The molecule has 0 spiro atoms. The van der Waals surface area contributed by atoms with Crippen molar-refractivity contribution in [2.75, 3.05) is 27.4 Å². The smallest absolute Gasteiger partial charge is 0.270 e. The first-order chi connectivity index (χ1) is 17.4. The number of rotatable bonds is 11. The maximum Gasteiger partial charge on any atom is 0.270 e. The molecule has 2 aromatic rings. The fourth-order valence-electron chi connectivity index (χ4n) is 4.22. The summed E-state index contributed by atoms with van der Waals surface area (Å²) in [5.74, 6) is 1.11. The molecule has 0 atom stereocenters. The van der Waals surface area contributed by atoms with E-state index in [1.54, 1.807) is 19.2 Å². The molecule has 0 bridgehead atoms. The lowest BCUT2D eigenvalue weighted by molar-refractivity contribution is -0.125. The number of hydrogen-bond donors (Lipinski definition) is 4. The van der Waals surface area contributed by atoms with Gasteiger partial charge in [-0.25, -0.2) is 4.98 Å². The molecule has 1 heterocycles. The number of hydrazone groups is 1. The molecule has 0 radical (unpaired) electrons. The first kappa shape index (κ1) is 26.9. The van der Waals surface area contributed by atoms with Gasteiger partial charge in [-0.3, -0.25) is 9.59 Å². The largest absolute Gasteiger partial charge is 0.497 e. The molecule has 0 unspecified atom stereocenters. The fraction of sp³-hybridized carbons (Fsp3) is 0.462. The van der Waals surface area contributed by atoms with E-state index in [0.717, 1.165) is 37.0 Å². The fourth-order valence-corrected chi connectivity index (χ4v) is 4.22. The number of carbonyl (C=O) groups is 2. The molecule has 1 fully saturated rings. The number of benzene rings is 1. The Morgan fingerprint density at radius 2 is 1.92 bits per heavy atom. The molecule has 10 nitrogen and oxygen atoms in total. The first-order valence-corrected chi connectivity index (χ1v) is 12.1. The third kappa shape index (κ3) is 8.23. The minimum absolute atomic E-state index is 0.0718. The van der Waals surface area contributed by atoms with E-state index in [2.05, 4.69) is 26.1 Å². The summed E-state index contributed by atoms with van der Waals surface area (Å²) in [6.07, 6.45) is 3.84. The number of amidine groups is 1. The molecule has 2 amide bonds. The van der Waals surface area contributed by atoms with E-state index in [1.807, 2.05) is 31.2 Å². The van der Waals surface area contributed by atoms with E-state index in [-0.39, 0.29) is 30.2 Å². The number of ether oxygens (including phenoxy) is 2. The van der Waals surface area contributed by atoms with E-state index in [4.69, 9.17) is 15.2 Å². The molecule has 0 aliphatic heterocycles. The Labute approximate surface area is 212 Å². The van der Waals surface area contributed by atoms with Gasteiger partial charge < -0.3 is 31.3 Å². The molecule has 5 N–H and O–H groups in total. The number of carbonyl (C=O) groups excluding carboxylic acids is 2. The highest BCUT2D eigenvalue weighted by atomic mass is 16.5. The molecule has 1 aromatic carbocycles. The van der Waals surface area contributed by atoms with Crippen molar-refractivity contribution in [3.8, 4) is 5.75 Å². The molecule has 1 saturated carbocycles. The molecule has 10 heteroatoms. The van der Waals surface area contributed by atoms with Gasteiger partial charge >= 0.3 is 0 Å². The second-order valence-electron chi connectivity index (χ2n) is 8.99. The van der Waals surface area contributed by atoms with Crippen LogP contribution in [0.3, 0.4) is 0 Å². The number of nitrogens with one attached hydrogen (secondary N) is 3. The minimum atomic E-state index is -0.294. The molecule has 194 valence electrons. The number of amides is 2. The van der Waals surface area contributed by atoms with Gasteiger partial charge in [0.05, 0.1) is 7.11 Å². The minimum Gasteiger partial charge on any atom is -0.497 e. The Balaban J connectivity index is 1.50. The Hall–Kier alpha value is -3.66. The number of hydrogen-bond acceptors (Lipinski definition) is 7. The number of nitrogens with two attached hydrogens (primary N) is 1. The first-order valence-electron chi connectivity index (χ1n) is 12.1. The van der Waals surface area contributed by atoms with E-state index in [9.17, 15) is 9.59 Å². The summed E-state index contributed by atoms with van der Waals surface area (Å²) in [5.41, 5.74) is 11.8. The van der Waals surface area contributed by atoms with Crippen LogP contribution in [0.2, 0.25) is 0 Å². The zero-order chi connectivity index (χ0) is 25.9. The van der Waals surface area contributed by atoms with Crippen LogP contribution in [0.1, 0.15) is 53.0 Å². The maximum absolute atomic E-state index is 12.7. The van der Waals surface area contributed by atoms with E-state index in [0.29, 0.717) is 36.1 Å². The zero-order valence-corrected chi connectivity index (χ0v) is 21.2. The standard InChI is InChI=1S/C26H36N6O4/c1-17-11-20(13-23(30-17)26(34)28-14-19-5-4-6-22(12-19)36-3)25(27)32-29-15-18-7-9-21(10-8-18)31-24(33)16-35-2/h4-6,11-13,18,21,29H,7-10,14-16H2,1-3H3,(H2,27,32)(H,28,34)(H,31,33). The van der Waals surface area contributed by atoms with Crippen molar-refractivity contribution < 1.29 is 19.1 Å². The summed E-state index contributed by atoms with van der Waals surface area (Å²) in [6, 6.07) is 11.2. The van der Waals surface area contributed by atoms with Crippen LogP contribution in [0.4, 0.5) is 0 Å². The quantitative estimate of drug-likeness (QED) is 0.211. The van der Waals surface area contributed by atoms with Gasteiger partial charge in [0.25, 0.3) is 5.91 Å². The predicted molar refractivity (Wildman–Crippen MR) is 138 cm³/mol. The summed E-state index contributed by atoms with van der Waals surface area (Å²) in [6.45, 7) is 2.95. The lowest BCUT2D eigenvalue weighted by atomic mass is 9.86. The van der Waals surface area contributed by atoms with E-state index < -0.39 is 0 Å². The highest BCUT2D eigenvalue weighted by molar-refractivity contribution is 6.00. The van der Waals surface area contributed by atoms with Crippen molar-refractivity contribution in [3.63, 3.8) is 0 Å². The van der Waals surface area contributed by atoms with Crippen LogP contribution in [0.15, 0.2) is 41.5 Å². The van der Waals surface area contributed by atoms with Crippen LogP contribution >= 0.6 is 0 Å². The normalized spacial score (nSPS) is 17.8. The zero-order valence-electron chi connectivity index (χ0n) is 21.2. The van der Waals surface area contributed by atoms with Crippen molar-refractivity contribution in [1.82, 2.24) is 21.0 Å². The van der Waals surface area contributed by atoms with Crippen molar-refractivity contribution >= 4 is 17.6 Å². The average Bonchev–Trinajstić information content (AvgIpc) is 2.88. The summed E-state index contributed by atoms with van der Waals surface area (Å²) < 4.78 is 10.1. The molecule has 1 aromatic heterocycles. The highest BCUT2D eigenvalue weighted by Gasteiger charge is 2.22. The van der Waals surface area contributed by atoms with Crippen LogP contribution in [-0.4, -0.2) is 56.0 Å². The molecule has 3 rings (SSSR count). The van der Waals surface area contributed by atoms with Gasteiger partial charge in [-0.1, -0.05) is 12.1 Å². The van der Waals surface area contributed by atoms with Gasteiger partial charge in [0.2, 0.25) is 5.91 Å². The van der Waals surface area contributed by atoms with E-state index in [1.165, 1.54) is 7.11 Å². The molecule has 0 saturated heterocycles. The number of aromatic nitrogens is 1. The molecule has 1 aliphatic carbocycles. The van der Waals surface area contributed by atoms with Crippen LogP contribution in [0.25, 0.3) is 0 Å². The Bertz CT molecular complexity index is 1070. The third-order valence-electron chi connectivity index (χ3n) is 6.14. The SMILES string of the molecule is COCC(=O)NC1CCC(CN/N=C(\N)c2cc(C)nc(C(=O)NCc3cccc(OC)c3)c2)CC1. The summed E-state index contributed by atoms with van der Waals surface area (Å²) in [5, 5.41) is 10.2. The van der Waals surface area contributed by atoms with Gasteiger partial charge in [0.15, 0.2) is 5.84 Å². The Morgan fingerprint density at radius 1 is 1.14 bits per heavy atom. The van der Waals surface area contributed by atoms with Crippen molar-refractivity contribution in [3.05, 3.63) is 58.9 Å². The number of aryl methyl sites for hydroxylation is 1. The monoisotopic (exact) mass is 496 g/mol. The van der Waals surface area contributed by atoms with Crippen molar-refractivity contribution in [1.29, 1.82) is 0 Å². The summed E-state index contributed by atoms with van der Waals surface area (Å²) >= 11 is 0. The summed E-state index contributed by atoms with van der Waals surface area (Å²) in [4.78, 5) is 28.7. The van der Waals surface area contributed by atoms with Crippen molar-refractivity contribution in [2.24, 2.45) is 16.8 Å². The van der Waals surface area contributed by atoms with Crippen LogP contribution in [0.5, 0.6) is 5.75 Å². The number of nitrogens with zero attached hydrogens (tertiary/aromatic N) is 2. The maximum atomic E-state index is 12.7. The van der Waals surface area contributed by atoms with Crippen LogP contribution in [0, 0.1) is 12.8 Å². The Kier molecular flexibility index (Phi) is 10.1. The van der Waals surface area contributed by atoms with Gasteiger partial charge in [0, 0.05) is 37.5 Å². The average molecular weight is 497 g/mol. The van der Waals surface area contributed by atoms with Gasteiger partial charge in [0.1, 0.15) is 18.1 Å². The second-order valence-corrected chi connectivity index (χ2v) is 8.99. The lowest BCUT2D eigenvalue weighted by Gasteiger charge is -2.28. The summed E-state index contributed by atoms with van der Waals surface area (Å²) in [7, 11) is 3.12. The van der Waals surface area contributed by atoms with Gasteiger partial charge in [-0.15, -0.1) is 0 Å². The number of pyridine rings is 1. The van der Waals surface area contributed by atoms with Gasteiger partial charge in [-0.05, 0) is 68.4 Å². The lowest BCUT2D eigenvalue weighted by Crippen LogP contribution is -2.40. The molecule has 36 heavy (non-hydrogen) atoms. The molecular weight excluding hydrogens is 460 g/mol. The van der Waals surface area contributed by atoms with Crippen LogP contribution < -0.4 is 26.5 Å². The highest BCUT2D eigenvalue weighted by Crippen LogP contribution is 2.23. The second kappa shape index (κ2) is 13.4. The number of methoxy groups -OCH3 is 2. The Morgan fingerprint density at radius 3 is 2.64 bits per heavy atom. The molecular formula is C26H36N6O4. The third-order valence-corrected chi connectivity index (χ3v) is 6.14. The predicted octanol–water partition coefficient (Wildman–Crippen LogP) is 1.86. The van der Waals surface area contributed by atoms with Crippen LogP contribution in [-0.2, 0) is 16.1 Å². The van der Waals surface area contributed by atoms with Crippen molar-refractivity contribution in [2.45, 2.75) is 45.2 Å². The molecule has 1 aliphatic rings.